The smallest absolute Gasteiger partial charge is 0.119 e. The Morgan fingerprint density at radius 2 is 1.55 bits per heavy atom. The molecule has 2 rings (SSSR count). The summed E-state index contributed by atoms with van der Waals surface area (Å²) in [6.45, 7) is 9.20. The van der Waals surface area contributed by atoms with Crippen LogP contribution in [0.3, 0.4) is 0 Å². The minimum atomic E-state index is 0.830. The maximum absolute atomic E-state index is 5.88. The summed E-state index contributed by atoms with van der Waals surface area (Å²) in [6.07, 6.45) is 5.09. The Labute approximate surface area is 135 Å². The molecule has 2 aromatic rings. The molecule has 0 aromatic heterocycles. The Morgan fingerprint density at radius 3 is 2.32 bits per heavy atom. The largest absolute Gasteiger partial charge is 0.494 e. The Balaban J connectivity index is 1.62. The van der Waals surface area contributed by atoms with E-state index < -0.39 is 0 Å². The van der Waals surface area contributed by atoms with Crippen molar-refractivity contribution in [1.29, 1.82) is 0 Å². The fourth-order valence-electron chi connectivity index (χ4n) is 2.88. The number of fused-ring (bicyclic) bond motifs is 1. The first-order valence-electron chi connectivity index (χ1n) is 8.78. The van der Waals surface area contributed by atoms with Gasteiger partial charge >= 0.3 is 0 Å². The van der Waals surface area contributed by atoms with Crippen LogP contribution in [0.2, 0.25) is 0 Å². The highest BCUT2D eigenvalue weighted by molar-refractivity contribution is 5.83. The highest BCUT2D eigenvalue weighted by Gasteiger charge is 2.01. The average molecular weight is 300 g/mol. The van der Waals surface area contributed by atoms with Crippen LogP contribution in [0.5, 0.6) is 5.75 Å². The number of benzene rings is 2. The molecular weight excluding hydrogens is 270 g/mol. The van der Waals surface area contributed by atoms with Crippen molar-refractivity contribution in [2.24, 2.45) is 0 Å². The third-order valence-corrected chi connectivity index (χ3v) is 4.41. The van der Waals surface area contributed by atoms with E-state index in [2.05, 4.69) is 56.3 Å². The van der Waals surface area contributed by atoms with Gasteiger partial charge in [-0.1, -0.05) is 30.3 Å². The molecule has 0 aliphatic carbocycles. The van der Waals surface area contributed by atoms with Gasteiger partial charge in [0.15, 0.2) is 0 Å². The van der Waals surface area contributed by atoms with Crippen LogP contribution in [0.4, 0.5) is 0 Å². The van der Waals surface area contributed by atoms with Crippen molar-refractivity contribution in [3.05, 3.63) is 42.5 Å². The average Bonchev–Trinajstić information content (AvgIpc) is 2.57. The number of hydrogen-bond donors (Lipinski definition) is 1. The molecule has 0 heterocycles. The lowest BCUT2D eigenvalue weighted by Crippen LogP contribution is -3.11. The van der Waals surface area contributed by atoms with Gasteiger partial charge in [0.1, 0.15) is 5.75 Å². The maximum atomic E-state index is 5.88. The van der Waals surface area contributed by atoms with Crippen LogP contribution in [0, 0.1) is 0 Å². The highest BCUT2D eigenvalue weighted by Crippen LogP contribution is 2.20. The molecule has 2 aromatic carbocycles. The summed E-state index contributed by atoms with van der Waals surface area (Å²) in [5.41, 5.74) is 0. The molecule has 0 aliphatic heterocycles. The Bertz CT molecular complexity index is 548. The van der Waals surface area contributed by atoms with E-state index in [1.807, 2.05) is 0 Å². The predicted molar refractivity (Wildman–Crippen MR) is 94.8 cm³/mol. The molecule has 0 bridgehead atoms. The second kappa shape index (κ2) is 9.47. The normalized spacial score (nSPS) is 11.2. The van der Waals surface area contributed by atoms with Gasteiger partial charge in [-0.3, -0.25) is 0 Å². The zero-order chi connectivity index (χ0) is 15.6. The van der Waals surface area contributed by atoms with Crippen molar-refractivity contribution < 1.29 is 9.64 Å². The summed E-state index contributed by atoms with van der Waals surface area (Å²) < 4.78 is 5.88. The van der Waals surface area contributed by atoms with Gasteiger partial charge in [-0.05, 0) is 62.4 Å². The van der Waals surface area contributed by atoms with Crippen molar-refractivity contribution >= 4 is 10.8 Å². The van der Waals surface area contributed by atoms with Gasteiger partial charge < -0.3 is 9.64 Å². The summed E-state index contributed by atoms with van der Waals surface area (Å²) in [6, 6.07) is 14.8. The molecule has 0 spiro atoms. The number of hydrogen-bond acceptors (Lipinski definition) is 1. The molecule has 22 heavy (non-hydrogen) atoms. The van der Waals surface area contributed by atoms with Crippen LogP contribution in [0.1, 0.15) is 39.5 Å². The van der Waals surface area contributed by atoms with Crippen molar-refractivity contribution in [1.82, 2.24) is 0 Å². The van der Waals surface area contributed by atoms with E-state index >= 15 is 0 Å². The van der Waals surface area contributed by atoms with Gasteiger partial charge in [-0.15, -0.1) is 0 Å². The van der Waals surface area contributed by atoms with E-state index in [-0.39, 0.29) is 0 Å². The lowest BCUT2D eigenvalue weighted by Gasteiger charge is -2.14. The molecule has 2 heteroatoms. The van der Waals surface area contributed by atoms with Crippen molar-refractivity contribution in [3.8, 4) is 5.75 Å². The minimum Gasteiger partial charge on any atom is -0.494 e. The SMILES string of the molecule is CC[NH+](CC)CCCCCCOc1ccc2ccccc2c1. The molecule has 0 amide bonds. The van der Waals surface area contributed by atoms with E-state index in [0.29, 0.717) is 0 Å². The van der Waals surface area contributed by atoms with E-state index in [1.54, 1.807) is 4.90 Å². The molecule has 0 saturated carbocycles. The van der Waals surface area contributed by atoms with E-state index in [4.69, 9.17) is 4.74 Å². The van der Waals surface area contributed by atoms with Crippen molar-refractivity contribution in [2.45, 2.75) is 39.5 Å². The summed E-state index contributed by atoms with van der Waals surface area (Å²) in [5.74, 6) is 0.992. The molecule has 120 valence electrons. The van der Waals surface area contributed by atoms with Gasteiger partial charge in [0, 0.05) is 0 Å². The molecule has 2 nitrogen and oxygen atoms in total. The number of ether oxygens (including phenoxy) is 1. The summed E-state index contributed by atoms with van der Waals surface area (Å²) in [5, 5.41) is 2.52. The first kappa shape index (κ1) is 16.8. The molecular formula is C20H30NO+. The number of unbranched alkanes of at least 4 members (excludes halogenated alkanes) is 3. The Morgan fingerprint density at radius 1 is 0.818 bits per heavy atom. The van der Waals surface area contributed by atoms with Crippen LogP contribution in [0.15, 0.2) is 42.5 Å². The third kappa shape index (κ3) is 5.34. The molecule has 0 unspecified atom stereocenters. The van der Waals surface area contributed by atoms with Crippen LogP contribution >= 0.6 is 0 Å². The molecule has 0 aliphatic rings. The Hall–Kier alpha value is -1.54. The van der Waals surface area contributed by atoms with E-state index in [1.165, 1.54) is 49.7 Å². The van der Waals surface area contributed by atoms with E-state index in [9.17, 15) is 0 Å². The highest BCUT2D eigenvalue weighted by atomic mass is 16.5. The van der Waals surface area contributed by atoms with Crippen LogP contribution in [-0.4, -0.2) is 26.2 Å². The molecule has 1 N–H and O–H groups in total. The minimum absolute atomic E-state index is 0.830. The van der Waals surface area contributed by atoms with E-state index in [0.717, 1.165) is 18.8 Å². The van der Waals surface area contributed by atoms with Crippen molar-refractivity contribution in [2.75, 3.05) is 26.2 Å². The first-order valence-corrected chi connectivity index (χ1v) is 8.78. The van der Waals surface area contributed by atoms with Crippen LogP contribution in [0.25, 0.3) is 10.8 Å². The summed E-state index contributed by atoms with van der Waals surface area (Å²) in [4.78, 5) is 1.72. The van der Waals surface area contributed by atoms with Crippen LogP contribution < -0.4 is 9.64 Å². The number of quaternary nitrogens is 1. The fraction of sp³-hybridized carbons (Fsp3) is 0.500. The lowest BCUT2D eigenvalue weighted by molar-refractivity contribution is -0.896. The zero-order valence-corrected chi connectivity index (χ0v) is 14.1. The quantitative estimate of drug-likeness (QED) is 0.661. The Kier molecular flexibility index (Phi) is 7.24. The molecule has 0 fully saturated rings. The molecule has 0 atom stereocenters. The van der Waals surface area contributed by atoms with Gasteiger partial charge in [0.05, 0.1) is 26.2 Å². The second-order valence-corrected chi connectivity index (χ2v) is 5.98. The second-order valence-electron chi connectivity index (χ2n) is 5.98. The van der Waals surface area contributed by atoms with Gasteiger partial charge in [0.25, 0.3) is 0 Å². The lowest BCUT2D eigenvalue weighted by atomic mass is 10.1. The molecule has 0 radical (unpaired) electrons. The fourth-order valence-corrected chi connectivity index (χ4v) is 2.88. The van der Waals surface area contributed by atoms with Crippen LogP contribution in [-0.2, 0) is 0 Å². The monoisotopic (exact) mass is 300 g/mol. The maximum Gasteiger partial charge on any atom is 0.119 e. The number of rotatable bonds is 10. The van der Waals surface area contributed by atoms with Crippen molar-refractivity contribution in [3.63, 3.8) is 0 Å². The standard InChI is InChI=1S/C20H29NO/c1-3-21(4-2)15-9-5-6-10-16-22-20-14-13-18-11-7-8-12-19(18)17-20/h7-8,11-14,17H,3-6,9-10,15-16H2,1-2H3/p+1. The molecule has 0 saturated heterocycles. The predicted octanol–water partition coefficient (Wildman–Crippen LogP) is 3.70. The first-order chi connectivity index (χ1) is 10.8. The summed E-state index contributed by atoms with van der Waals surface area (Å²) in [7, 11) is 0. The third-order valence-electron chi connectivity index (χ3n) is 4.41. The van der Waals surface area contributed by atoms with Gasteiger partial charge in [0.2, 0.25) is 0 Å². The summed E-state index contributed by atoms with van der Waals surface area (Å²) >= 11 is 0. The zero-order valence-electron chi connectivity index (χ0n) is 14.1. The van der Waals surface area contributed by atoms with Gasteiger partial charge in [-0.2, -0.15) is 0 Å². The topological polar surface area (TPSA) is 13.7 Å². The number of nitrogens with one attached hydrogen (secondary N) is 1. The van der Waals surface area contributed by atoms with Gasteiger partial charge in [-0.25, -0.2) is 0 Å².